The van der Waals surface area contributed by atoms with Gasteiger partial charge in [0.05, 0.1) is 17.2 Å². The van der Waals surface area contributed by atoms with Crippen LogP contribution in [0.1, 0.15) is 30.1 Å². The molecule has 0 aliphatic carbocycles. The number of carboxylic acids is 1. The van der Waals surface area contributed by atoms with Gasteiger partial charge in [0.2, 0.25) is 0 Å². The molecule has 1 rings (SSSR count). The van der Waals surface area contributed by atoms with E-state index in [4.69, 9.17) is 21.4 Å². The van der Waals surface area contributed by atoms with Crippen molar-refractivity contribution in [3.05, 3.63) is 29.0 Å². The first-order valence-electron chi connectivity index (χ1n) is 6.24. The molecule has 0 bridgehead atoms. The van der Waals surface area contributed by atoms with E-state index in [1.165, 1.54) is 18.5 Å². The third kappa shape index (κ3) is 5.39. The molecule has 0 aliphatic heterocycles. The van der Waals surface area contributed by atoms with E-state index in [9.17, 15) is 14.4 Å². The van der Waals surface area contributed by atoms with Gasteiger partial charge in [-0.15, -0.1) is 0 Å². The molecule has 0 spiro atoms. The van der Waals surface area contributed by atoms with Crippen molar-refractivity contribution in [2.45, 2.75) is 25.8 Å². The number of aromatic nitrogens is 1. The maximum atomic E-state index is 11.9. The number of carboxylic acid groups (broad SMARTS) is 1. The van der Waals surface area contributed by atoms with Crippen LogP contribution in [0, 0.1) is 0 Å². The summed E-state index contributed by atoms with van der Waals surface area (Å²) in [5, 5.41) is 11.5. The summed E-state index contributed by atoms with van der Waals surface area (Å²) < 4.78 is 4.71. The molecule has 7 nitrogen and oxygen atoms in total. The summed E-state index contributed by atoms with van der Waals surface area (Å²) in [6.07, 6.45) is 2.47. The number of esters is 1. The summed E-state index contributed by atoms with van der Waals surface area (Å²) in [7, 11) is 0. The van der Waals surface area contributed by atoms with Gasteiger partial charge in [0.15, 0.2) is 0 Å². The number of ether oxygens (including phenoxy) is 1. The first-order chi connectivity index (χ1) is 9.95. The molecule has 8 heteroatoms. The molecule has 0 aromatic carbocycles. The number of carbonyl (C=O) groups is 3. The topological polar surface area (TPSA) is 106 Å². The van der Waals surface area contributed by atoms with Crippen LogP contribution in [0.3, 0.4) is 0 Å². The molecular formula is C13H15ClN2O5. The second-order valence-electron chi connectivity index (χ2n) is 4.06. The molecule has 1 heterocycles. The molecule has 0 saturated carbocycles. The van der Waals surface area contributed by atoms with Gasteiger partial charge in [0.25, 0.3) is 5.91 Å². The second-order valence-corrected chi connectivity index (χ2v) is 4.47. The first-order valence-corrected chi connectivity index (χ1v) is 6.62. The fourth-order valence-electron chi connectivity index (χ4n) is 1.53. The van der Waals surface area contributed by atoms with Crippen LogP contribution in [0.2, 0.25) is 5.02 Å². The monoisotopic (exact) mass is 314 g/mol. The SMILES string of the molecule is CCOC(=O)CC[C@H](NC(=O)c1cnccc1Cl)C(=O)O. The van der Waals surface area contributed by atoms with Crippen LogP contribution in [-0.2, 0) is 14.3 Å². The number of halogens is 1. The van der Waals surface area contributed by atoms with Crippen LogP contribution in [-0.4, -0.2) is 40.6 Å². The number of hydrogen-bond donors (Lipinski definition) is 2. The summed E-state index contributed by atoms with van der Waals surface area (Å²) in [6.45, 7) is 1.87. The van der Waals surface area contributed by atoms with Crippen molar-refractivity contribution in [2.75, 3.05) is 6.61 Å². The van der Waals surface area contributed by atoms with Gasteiger partial charge in [-0.3, -0.25) is 14.6 Å². The molecule has 1 aromatic heterocycles. The molecule has 0 radical (unpaired) electrons. The number of aliphatic carboxylic acids is 1. The van der Waals surface area contributed by atoms with Crippen LogP contribution in [0.5, 0.6) is 0 Å². The zero-order chi connectivity index (χ0) is 15.8. The zero-order valence-electron chi connectivity index (χ0n) is 11.3. The molecule has 0 unspecified atom stereocenters. The zero-order valence-corrected chi connectivity index (χ0v) is 12.1. The Morgan fingerprint density at radius 1 is 1.48 bits per heavy atom. The van der Waals surface area contributed by atoms with E-state index >= 15 is 0 Å². The second kappa shape index (κ2) is 8.21. The van der Waals surface area contributed by atoms with Crippen molar-refractivity contribution in [1.82, 2.24) is 10.3 Å². The number of pyridine rings is 1. The van der Waals surface area contributed by atoms with E-state index in [1.807, 2.05) is 0 Å². The van der Waals surface area contributed by atoms with Crippen molar-refractivity contribution >= 4 is 29.4 Å². The lowest BCUT2D eigenvalue weighted by atomic mass is 10.1. The minimum Gasteiger partial charge on any atom is -0.480 e. The van der Waals surface area contributed by atoms with Gasteiger partial charge >= 0.3 is 11.9 Å². The highest BCUT2D eigenvalue weighted by Gasteiger charge is 2.23. The van der Waals surface area contributed by atoms with Gasteiger partial charge < -0.3 is 15.2 Å². The molecule has 0 aliphatic rings. The molecule has 1 amide bonds. The van der Waals surface area contributed by atoms with Gasteiger partial charge in [0, 0.05) is 18.8 Å². The lowest BCUT2D eigenvalue weighted by Crippen LogP contribution is -2.41. The Balaban J connectivity index is 2.66. The number of carbonyl (C=O) groups excluding carboxylic acids is 2. The Bertz CT molecular complexity index is 535. The van der Waals surface area contributed by atoms with E-state index in [0.717, 1.165) is 0 Å². The molecule has 21 heavy (non-hydrogen) atoms. The maximum Gasteiger partial charge on any atom is 0.326 e. The van der Waals surface area contributed by atoms with Gasteiger partial charge in [-0.25, -0.2) is 4.79 Å². The van der Waals surface area contributed by atoms with E-state index in [-0.39, 0.29) is 30.0 Å². The Hall–Kier alpha value is -2.15. The van der Waals surface area contributed by atoms with Gasteiger partial charge in [0.1, 0.15) is 6.04 Å². The lowest BCUT2D eigenvalue weighted by Gasteiger charge is -2.14. The number of rotatable bonds is 7. The Morgan fingerprint density at radius 2 is 2.19 bits per heavy atom. The van der Waals surface area contributed by atoms with E-state index in [2.05, 4.69) is 10.3 Å². The molecule has 1 atom stereocenters. The molecule has 0 fully saturated rings. The van der Waals surface area contributed by atoms with E-state index in [1.54, 1.807) is 6.92 Å². The van der Waals surface area contributed by atoms with Crippen molar-refractivity contribution in [3.8, 4) is 0 Å². The first kappa shape index (κ1) is 16.9. The fraction of sp³-hybridized carbons (Fsp3) is 0.385. The van der Waals surface area contributed by atoms with Gasteiger partial charge in [-0.2, -0.15) is 0 Å². The number of nitrogens with zero attached hydrogens (tertiary/aromatic N) is 1. The van der Waals surface area contributed by atoms with Gasteiger partial charge in [-0.05, 0) is 19.4 Å². The molecule has 2 N–H and O–H groups in total. The van der Waals surface area contributed by atoms with Crippen molar-refractivity contribution < 1.29 is 24.2 Å². The van der Waals surface area contributed by atoms with Crippen LogP contribution in [0.25, 0.3) is 0 Å². The van der Waals surface area contributed by atoms with E-state index < -0.39 is 23.9 Å². The quantitative estimate of drug-likeness (QED) is 0.734. The minimum atomic E-state index is -1.24. The van der Waals surface area contributed by atoms with Crippen molar-refractivity contribution in [3.63, 3.8) is 0 Å². The summed E-state index contributed by atoms with van der Waals surface area (Å²) >= 11 is 5.83. The summed E-state index contributed by atoms with van der Waals surface area (Å²) in [6, 6.07) is 0.211. The van der Waals surface area contributed by atoms with Crippen molar-refractivity contribution in [1.29, 1.82) is 0 Å². The number of hydrogen-bond acceptors (Lipinski definition) is 5. The summed E-state index contributed by atoms with van der Waals surface area (Å²) in [5.74, 6) is -2.42. The third-order valence-corrected chi connectivity index (χ3v) is 2.89. The predicted molar refractivity (Wildman–Crippen MR) is 74.0 cm³/mol. The molecule has 114 valence electrons. The Kier molecular flexibility index (Phi) is 6.61. The summed E-state index contributed by atoms with van der Waals surface area (Å²) in [4.78, 5) is 38.0. The normalized spacial score (nSPS) is 11.5. The average molecular weight is 315 g/mol. The molecular weight excluding hydrogens is 300 g/mol. The highest BCUT2D eigenvalue weighted by atomic mass is 35.5. The number of nitrogens with one attached hydrogen (secondary N) is 1. The minimum absolute atomic E-state index is 0.0709. The summed E-state index contributed by atoms with van der Waals surface area (Å²) in [5.41, 5.74) is 0.0709. The van der Waals surface area contributed by atoms with Crippen LogP contribution >= 0.6 is 11.6 Å². The van der Waals surface area contributed by atoms with Crippen molar-refractivity contribution in [2.24, 2.45) is 0 Å². The van der Waals surface area contributed by atoms with E-state index in [0.29, 0.717) is 0 Å². The standard InChI is InChI=1S/C13H15ClN2O5/c1-2-21-11(17)4-3-10(13(19)20)16-12(18)8-7-15-6-5-9(8)14/h5-7,10H,2-4H2,1H3,(H,16,18)(H,19,20)/t10-/m0/s1. The lowest BCUT2D eigenvalue weighted by molar-refractivity contribution is -0.144. The largest absolute Gasteiger partial charge is 0.480 e. The highest BCUT2D eigenvalue weighted by Crippen LogP contribution is 2.13. The predicted octanol–water partition coefficient (Wildman–Crippen LogP) is 1.26. The third-order valence-electron chi connectivity index (χ3n) is 2.56. The highest BCUT2D eigenvalue weighted by molar-refractivity contribution is 6.33. The molecule has 0 saturated heterocycles. The molecule has 1 aromatic rings. The Morgan fingerprint density at radius 3 is 2.76 bits per heavy atom. The van der Waals surface area contributed by atoms with Crippen LogP contribution in [0.15, 0.2) is 18.5 Å². The smallest absolute Gasteiger partial charge is 0.326 e. The fourth-order valence-corrected chi connectivity index (χ4v) is 1.72. The average Bonchev–Trinajstić information content (AvgIpc) is 2.43. The van der Waals surface area contributed by atoms with Crippen LogP contribution < -0.4 is 5.32 Å². The Labute approximate surface area is 126 Å². The van der Waals surface area contributed by atoms with Gasteiger partial charge in [-0.1, -0.05) is 11.6 Å². The maximum absolute atomic E-state index is 11.9. The van der Waals surface area contributed by atoms with Crippen LogP contribution in [0.4, 0.5) is 0 Å². The number of amides is 1.